The van der Waals surface area contributed by atoms with Crippen molar-refractivity contribution in [1.29, 1.82) is 0 Å². The molecule has 264 valence electrons. The summed E-state index contributed by atoms with van der Waals surface area (Å²) in [5.41, 5.74) is 23.3. The number of hydrogen-bond acceptors (Lipinski definition) is 2. The van der Waals surface area contributed by atoms with Gasteiger partial charge in [0.15, 0.2) is 0 Å². The zero-order valence-electron chi connectivity index (χ0n) is 31.3. The predicted octanol–water partition coefficient (Wildman–Crippen LogP) is 12.1. The number of hydrogen-bond donors (Lipinski definition) is 0. The first kappa shape index (κ1) is 27.4. The van der Waals surface area contributed by atoms with E-state index in [0.717, 1.165) is 44.9 Å². The number of allylic oxidation sites excluding steroid dienone is 6. The van der Waals surface area contributed by atoms with Crippen LogP contribution >= 0.6 is 0 Å². The first-order valence-corrected chi connectivity index (χ1v) is 21.9. The lowest BCUT2D eigenvalue weighted by Gasteiger charge is -2.37. The third kappa shape index (κ3) is 2.24. The molecule has 8 aromatic carbocycles. The highest BCUT2D eigenvalue weighted by atomic mass is 16.5. The van der Waals surface area contributed by atoms with Gasteiger partial charge in [-0.15, -0.1) is 0 Å². The molecule has 2 heteroatoms. The summed E-state index contributed by atoms with van der Waals surface area (Å²) in [4.78, 5) is 13.2. The standard InChI is InChI=1S/C54H36O2/c1-2-3-12-56-30(55)10-7-11-53(28-8-5-4-6-9-28)52-29-19-26-17-23-15-24-14-21-13-22-16-25-18-27-20-54(52,53)51-37(27)42-36(25)41-32(22)31(21)39-35(24)40-33(23)34(26)43-38(29)50(51)49-47(42)45(41)44(39)46(40)48(43)49/h4-6,8-9,14-16,18-19,25,29,36,38,52H,2-3,7,10-13,17,20H2,1H3/t25-,29?,36?,38?,52?,53-,54?/m0/s1. The van der Waals surface area contributed by atoms with Crippen molar-refractivity contribution in [3.8, 4) is 0 Å². The zero-order chi connectivity index (χ0) is 35.6. The van der Waals surface area contributed by atoms with Crippen LogP contribution in [0, 0.1) is 17.8 Å². The van der Waals surface area contributed by atoms with E-state index < -0.39 is 0 Å². The summed E-state index contributed by atoms with van der Waals surface area (Å²) in [6, 6.07) is 17.0. The fourth-order valence-electron chi connectivity index (χ4n) is 17.5. The Hall–Kier alpha value is -5.21. The second kappa shape index (κ2) is 7.86. The molecule has 10 aliphatic carbocycles. The zero-order valence-corrected chi connectivity index (χ0v) is 31.3. The molecule has 0 amide bonds. The predicted molar refractivity (Wildman–Crippen MR) is 225 cm³/mol. The van der Waals surface area contributed by atoms with Crippen molar-refractivity contribution in [2.75, 3.05) is 6.61 Å². The van der Waals surface area contributed by atoms with Gasteiger partial charge in [0.1, 0.15) is 0 Å². The minimum atomic E-state index is -0.0172. The second-order valence-electron chi connectivity index (χ2n) is 20.0. The van der Waals surface area contributed by atoms with Crippen molar-refractivity contribution < 1.29 is 9.53 Å². The van der Waals surface area contributed by atoms with Gasteiger partial charge < -0.3 is 4.74 Å². The molecule has 10 aliphatic rings. The maximum absolute atomic E-state index is 13.2. The Morgan fingerprint density at radius 1 is 0.696 bits per heavy atom. The van der Waals surface area contributed by atoms with Gasteiger partial charge in [-0.25, -0.2) is 0 Å². The SMILES string of the molecule is CCCCOC(=O)CCC[C@]1(c2ccccc2)C2C3C=C4Cc5cc6cc7c8c9c%10c%11c%12c%13c%14c(c%15c%12c%12c(c4c5c4c6c8c%11c%124)C%153)C21CC%14=C[C@H](C=C9C7)C%13%10. The molecule has 2 nitrogen and oxygen atoms in total. The first-order chi connectivity index (χ1) is 27.7. The third-order valence-corrected chi connectivity index (χ3v) is 18.5. The van der Waals surface area contributed by atoms with Crippen LogP contribution in [0.1, 0.15) is 118 Å². The molecule has 8 aromatic rings. The average molecular weight is 717 g/mol. The van der Waals surface area contributed by atoms with E-state index in [9.17, 15) is 4.79 Å². The number of carbonyl (C=O) groups is 1. The Morgan fingerprint density at radius 2 is 1.36 bits per heavy atom. The smallest absolute Gasteiger partial charge is 0.305 e. The third-order valence-electron chi connectivity index (χ3n) is 18.5. The number of fused-ring (bicyclic) bond motifs is 1. The van der Waals surface area contributed by atoms with E-state index in [2.05, 4.69) is 67.6 Å². The number of unbranched alkanes of at least 4 members (excludes halogenated alkanes) is 1. The topological polar surface area (TPSA) is 26.3 Å². The van der Waals surface area contributed by atoms with Gasteiger partial charge >= 0.3 is 5.97 Å². The molecule has 0 bridgehead atoms. The summed E-state index contributed by atoms with van der Waals surface area (Å²) in [6.45, 7) is 2.71. The van der Waals surface area contributed by atoms with Crippen LogP contribution in [0.3, 0.4) is 0 Å². The van der Waals surface area contributed by atoms with E-state index in [0.29, 0.717) is 42.6 Å². The van der Waals surface area contributed by atoms with Gasteiger partial charge in [-0.2, -0.15) is 0 Å². The number of carbonyl (C=O) groups excluding carboxylic acids is 1. The highest BCUT2D eigenvalue weighted by Gasteiger charge is 2.83. The molecule has 0 N–H and O–H groups in total. The highest BCUT2D eigenvalue weighted by Crippen LogP contribution is 2.88. The monoisotopic (exact) mass is 716 g/mol. The molecule has 56 heavy (non-hydrogen) atoms. The lowest BCUT2D eigenvalue weighted by atomic mass is 9.65. The van der Waals surface area contributed by atoms with Crippen molar-refractivity contribution >= 4 is 87.3 Å². The Labute approximate surface area is 322 Å². The maximum Gasteiger partial charge on any atom is 0.305 e. The van der Waals surface area contributed by atoms with Crippen LogP contribution in [-0.4, -0.2) is 12.6 Å². The molecule has 18 rings (SSSR count). The number of ether oxygens (including phenoxy) is 1. The summed E-state index contributed by atoms with van der Waals surface area (Å²) >= 11 is 0. The fraction of sp³-hybridized carbons (Fsp3) is 0.315. The van der Waals surface area contributed by atoms with Gasteiger partial charge in [-0.3, -0.25) is 4.79 Å². The van der Waals surface area contributed by atoms with Crippen molar-refractivity contribution in [2.45, 2.75) is 81.0 Å². The van der Waals surface area contributed by atoms with Crippen molar-refractivity contribution in [1.82, 2.24) is 0 Å². The van der Waals surface area contributed by atoms with Gasteiger partial charge in [-0.05, 0) is 193 Å². The Morgan fingerprint density at radius 3 is 2.12 bits per heavy atom. The van der Waals surface area contributed by atoms with Crippen LogP contribution in [0.15, 0.2) is 60.7 Å². The number of benzene rings is 7. The van der Waals surface area contributed by atoms with Crippen LogP contribution in [0.5, 0.6) is 0 Å². The van der Waals surface area contributed by atoms with Crippen molar-refractivity contribution in [3.05, 3.63) is 122 Å². The van der Waals surface area contributed by atoms with Gasteiger partial charge in [0.2, 0.25) is 0 Å². The minimum Gasteiger partial charge on any atom is -0.466 e. The van der Waals surface area contributed by atoms with Crippen LogP contribution in [0.4, 0.5) is 0 Å². The van der Waals surface area contributed by atoms with Crippen LogP contribution in [-0.2, 0) is 33.2 Å². The van der Waals surface area contributed by atoms with Crippen molar-refractivity contribution in [2.24, 2.45) is 17.8 Å². The van der Waals surface area contributed by atoms with Gasteiger partial charge in [-0.1, -0.05) is 74.0 Å². The van der Waals surface area contributed by atoms with E-state index in [1.165, 1.54) is 10.9 Å². The first-order valence-electron chi connectivity index (χ1n) is 21.9. The Kier molecular flexibility index (Phi) is 3.85. The van der Waals surface area contributed by atoms with E-state index in [1.54, 1.807) is 132 Å². The molecule has 0 radical (unpaired) electrons. The van der Waals surface area contributed by atoms with E-state index in [4.69, 9.17) is 4.74 Å². The molecule has 1 saturated carbocycles. The summed E-state index contributed by atoms with van der Waals surface area (Å²) in [6.07, 6.45) is 16.2. The molecular formula is C54H36O2. The van der Waals surface area contributed by atoms with Crippen LogP contribution in [0.25, 0.3) is 81.4 Å². The van der Waals surface area contributed by atoms with Gasteiger partial charge in [0.05, 0.1) is 6.61 Å². The summed E-state index contributed by atoms with van der Waals surface area (Å²) in [5, 5.41) is 19.7. The maximum atomic E-state index is 13.2. The van der Waals surface area contributed by atoms with Gasteiger partial charge in [0.25, 0.3) is 0 Å². The van der Waals surface area contributed by atoms with Crippen LogP contribution < -0.4 is 0 Å². The number of esters is 1. The van der Waals surface area contributed by atoms with E-state index in [1.807, 2.05) is 0 Å². The molecule has 0 aliphatic heterocycles. The lowest BCUT2D eigenvalue weighted by molar-refractivity contribution is -0.143. The minimum absolute atomic E-state index is 0.0101. The number of rotatable bonds is 8. The largest absolute Gasteiger partial charge is 0.466 e. The highest BCUT2D eigenvalue weighted by molar-refractivity contribution is 6.53. The normalized spacial score (nSPS) is 30.8. The Bertz CT molecular complexity index is 3540. The summed E-state index contributed by atoms with van der Waals surface area (Å²) in [5.74, 6) is 2.26. The molecule has 0 heterocycles. The molecule has 1 spiro atoms. The molecule has 1 fully saturated rings. The molecule has 0 saturated heterocycles. The van der Waals surface area contributed by atoms with Crippen LogP contribution in [0.2, 0.25) is 0 Å². The molecule has 0 aromatic heterocycles. The van der Waals surface area contributed by atoms with E-state index in [-0.39, 0.29) is 16.8 Å². The average Bonchev–Trinajstić information content (AvgIpc) is 3.89. The second-order valence-corrected chi connectivity index (χ2v) is 20.0. The molecule has 5 unspecified atom stereocenters. The van der Waals surface area contributed by atoms with Gasteiger partial charge in [0, 0.05) is 35.0 Å². The summed E-state index contributed by atoms with van der Waals surface area (Å²) in [7, 11) is 0. The van der Waals surface area contributed by atoms with Crippen molar-refractivity contribution in [3.63, 3.8) is 0 Å². The molecular weight excluding hydrogens is 681 g/mol. The quantitative estimate of drug-likeness (QED) is 0.0889. The summed E-state index contributed by atoms with van der Waals surface area (Å²) < 4.78 is 5.77. The Balaban J connectivity index is 1.03. The molecule has 7 atom stereocenters. The lowest BCUT2D eigenvalue weighted by Crippen LogP contribution is -2.28. The fourth-order valence-corrected chi connectivity index (χ4v) is 17.5. The van der Waals surface area contributed by atoms with E-state index >= 15 is 0 Å².